The van der Waals surface area contributed by atoms with E-state index in [-0.39, 0.29) is 55.1 Å². The lowest BCUT2D eigenvalue weighted by atomic mass is 9.74. The normalized spacial score (nSPS) is 13.4. The molecule has 16 heteroatoms. The standard InChI is InChI=1S/2C27H28O7.2CH4.2B/c1-29-16-7-15(8-17(10-16)30-2)9-20-19-13-23(32-4)24(33-5)14-21(19)27(28)22-11-18(31-3)12-25(34-6)26(20)22;1-29-17-9-16-10-19(15-7-8-21(31-3)22(11-15)32-4)26-20(12-18(30-2)14-24(26)34-6)27(28)25(16)23(13-17)33-5;;;;/h7-8,10-14,20H,9H2,1-6H3;7-9,11-14,19H,10H2,1-6H3;2*1H4;;/t;19-;;;;/m.1..../s1. The van der Waals surface area contributed by atoms with Crippen molar-refractivity contribution in [2.45, 2.75) is 39.5 Å². The first-order chi connectivity index (χ1) is 33.0. The molecule has 1 unspecified atom stereocenters. The molecule has 0 aliphatic heterocycles. The molecule has 0 amide bonds. The Hall–Kier alpha value is -7.61. The quantitative estimate of drug-likeness (QED) is 0.0900. The Labute approximate surface area is 427 Å². The molecule has 0 spiro atoms. The molecule has 14 nitrogen and oxygen atoms in total. The van der Waals surface area contributed by atoms with Crippen LogP contribution in [-0.2, 0) is 12.8 Å². The summed E-state index contributed by atoms with van der Waals surface area (Å²) in [5.74, 6) is 6.26. The molecule has 0 bridgehead atoms. The largest absolute Gasteiger partial charge is 0.497 e. The fourth-order valence-corrected chi connectivity index (χ4v) is 9.14. The molecule has 0 N–H and O–H groups in total. The van der Waals surface area contributed by atoms with Crippen LogP contribution in [0.15, 0.2) is 84.9 Å². The molecule has 0 fully saturated rings. The SMILES string of the molecule is C.C.COc1cc(CC2c3cc(OC)c(OC)cc3C(=O)c3cc(OC)cc(OC)c32)cc(OC)c1.COc1cc2c(c(OC)c1)C(=O)c1cc(OC)cc(OC)c1[C@@H](c1ccc(OC)c(OC)c1)C2.[B].[B]. The predicted octanol–water partition coefficient (Wildman–Crippen LogP) is 9.83. The Morgan fingerprint density at radius 1 is 0.403 bits per heavy atom. The number of rotatable bonds is 15. The third kappa shape index (κ3) is 11.1. The van der Waals surface area contributed by atoms with Crippen molar-refractivity contribution in [2.75, 3.05) is 85.3 Å². The number of carbonyl (C=O) groups excluding carboxylic acids is 2. The van der Waals surface area contributed by atoms with Crippen LogP contribution >= 0.6 is 0 Å². The molecule has 378 valence electrons. The van der Waals surface area contributed by atoms with Crippen LogP contribution < -0.4 is 56.8 Å². The van der Waals surface area contributed by atoms with Crippen molar-refractivity contribution in [2.24, 2.45) is 0 Å². The number of ether oxygens (including phenoxy) is 12. The summed E-state index contributed by atoms with van der Waals surface area (Å²) < 4.78 is 66.5. The van der Waals surface area contributed by atoms with Gasteiger partial charge in [0.25, 0.3) is 0 Å². The molecule has 2 aliphatic carbocycles. The number of methoxy groups -OCH3 is 12. The molecular formula is C56H64B2O14. The highest BCUT2D eigenvalue weighted by atomic mass is 16.5. The maximum Gasteiger partial charge on any atom is 0.197 e. The minimum Gasteiger partial charge on any atom is -0.497 e. The van der Waals surface area contributed by atoms with E-state index in [1.165, 1.54) is 0 Å². The van der Waals surface area contributed by atoms with Crippen LogP contribution in [0.25, 0.3) is 0 Å². The van der Waals surface area contributed by atoms with Gasteiger partial charge in [0.2, 0.25) is 0 Å². The minimum atomic E-state index is -0.224. The third-order valence-corrected chi connectivity index (χ3v) is 12.4. The summed E-state index contributed by atoms with van der Waals surface area (Å²) in [7, 11) is 19.0. The number of fused-ring (bicyclic) bond motifs is 4. The van der Waals surface area contributed by atoms with Crippen molar-refractivity contribution in [1.29, 1.82) is 0 Å². The molecule has 6 aromatic carbocycles. The molecule has 0 aromatic heterocycles. The van der Waals surface area contributed by atoms with Gasteiger partial charge in [0.15, 0.2) is 34.6 Å². The van der Waals surface area contributed by atoms with Crippen molar-refractivity contribution < 1.29 is 66.4 Å². The van der Waals surface area contributed by atoms with Gasteiger partial charge < -0.3 is 56.8 Å². The van der Waals surface area contributed by atoms with Crippen LogP contribution in [0.2, 0.25) is 0 Å². The molecule has 6 aromatic rings. The third-order valence-electron chi connectivity index (χ3n) is 12.4. The van der Waals surface area contributed by atoms with Crippen molar-refractivity contribution in [3.8, 4) is 69.0 Å². The van der Waals surface area contributed by atoms with Crippen LogP contribution in [0.4, 0.5) is 0 Å². The van der Waals surface area contributed by atoms with Gasteiger partial charge >= 0.3 is 0 Å². The fraction of sp³-hybridized carbons (Fsp3) is 0.321. The van der Waals surface area contributed by atoms with Crippen LogP contribution in [0.3, 0.4) is 0 Å². The van der Waals surface area contributed by atoms with Crippen LogP contribution in [-0.4, -0.2) is 114 Å². The highest BCUT2D eigenvalue weighted by molar-refractivity contribution is 6.15. The van der Waals surface area contributed by atoms with Gasteiger partial charge in [0, 0.05) is 80.7 Å². The number of hydrogen-bond acceptors (Lipinski definition) is 14. The Balaban J connectivity index is 0.000000360. The van der Waals surface area contributed by atoms with E-state index in [9.17, 15) is 9.59 Å². The van der Waals surface area contributed by atoms with E-state index in [1.54, 1.807) is 122 Å². The van der Waals surface area contributed by atoms with E-state index in [2.05, 4.69) is 0 Å². The summed E-state index contributed by atoms with van der Waals surface area (Å²) in [5.41, 5.74) is 7.26. The Morgan fingerprint density at radius 2 is 0.847 bits per heavy atom. The van der Waals surface area contributed by atoms with Gasteiger partial charge in [-0.1, -0.05) is 20.9 Å². The zero-order chi connectivity index (χ0) is 48.8. The Morgan fingerprint density at radius 3 is 1.36 bits per heavy atom. The van der Waals surface area contributed by atoms with Gasteiger partial charge in [-0.15, -0.1) is 0 Å². The first-order valence-electron chi connectivity index (χ1n) is 21.5. The van der Waals surface area contributed by atoms with E-state index in [0.717, 1.165) is 33.4 Å². The lowest BCUT2D eigenvalue weighted by Gasteiger charge is -2.30. The van der Waals surface area contributed by atoms with E-state index < -0.39 is 0 Å². The second-order valence-electron chi connectivity index (χ2n) is 15.7. The summed E-state index contributed by atoms with van der Waals surface area (Å²) in [5, 5.41) is 0. The Kier molecular flexibility index (Phi) is 20.8. The van der Waals surface area contributed by atoms with Crippen molar-refractivity contribution >= 4 is 28.4 Å². The van der Waals surface area contributed by atoms with Gasteiger partial charge in [0.1, 0.15) is 46.0 Å². The predicted molar refractivity (Wildman–Crippen MR) is 280 cm³/mol. The van der Waals surface area contributed by atoms with E-state index in [4.69, 9.17) is 56.8 Å². The van der Waals surface area contributed by atoms with Crippen molar-refractivity contribution in [1.82, 2.24) is 0 Å². The molecule has 72 heavy (non-hydrogen) atoms. The number of ketones is 2. The molecule has 0 saturated carbocycles. The average Bonchev–Trinajstić information content (AvgIpc) is 3.51. The molecule has 2 atom stereocenters. The second-order valence-corrected chi connectivity index (χ2v) is 15.7. The zero-order valence-electron chi connectivity index (χ0n) is 41.5. The van der Waals surface area contributed by atoms with Gasteiger partial charge in [-0.25, -0.2) is 0 Å². The van der Waals surface area contributed by atoms with Crippen molar-refractivity contribution in [3.05, 3.63) is 141 Å². The van der Waals surface area contributed by atoms with Gasteiger partial charge in [-0.05, 0) is 89.7 Å². The number of benzene rings is 6. The topological polar surface area (TPSA) is 145 Å². The first kappa shape index (κ1) is 58.7. The van der Waals surface area contributed by atoms with E-state index >= 15 is 0 Å². The first-order valence-corrected chi connectivity index (χ1v) is 21.5. The monoisotopic (exact) mass is 982 g/mol. The molecule has 6 radical (unpaired) electrons. The van der Waals surface area contributed by atoms with Gasteiger partial charge in [0.05, 0.1) is 90.9 Å². The van der Waals surface area contributed by atoms with Crippen molar-refractivity contribution in [3.63, 3.8) is 0 Å². The molecular weight excluding hydrogens is 918 g/mol. The second kappa shape index (κ2) is 25.5. The summed E-state index contributed by atoms with van der Waals surface area (Å²) in [6, 6.07) is 25.9. The van der Waals surface area contributed by atoms with Gasteiger partial charge in [-0.3, -0.25) is 9.59 Å². The van der Waals surface area contributed by atoms with Gasteiger partial charge in [-0.2, -0.15) is 0 Å². The van der Waals surface area contributed by atoms with Crippen LogP contribution in [0.5, 0.6) is 69.0 Å². The molecule has 8 rings (SSSR count). The molecule has 0 heterocycles. The van der Waals surface area contributed by atoms with E-state index in [0.29, 0.717) is 104 Å². The minimum absolute atomic E-state index is 0. The highest BCUT2D eigenvalue weighted by Crippen LogP contribution is 2.49. The smallest absolute Gasteiger partial charge is 0.197 e. The lowest BCUT2D eigenvalue weighted by Crippen LogP contribution is -2.22. The summed E-state index contributed by atoms with van der Waals surface area (Å²) in [4.78, 5) is 27.6. The maximum absolute atomic E-state index is 14.0. The Bertz CT molecular complexity index is 2840. The fourth-order valence-electron chi connectivity index (χ4n) is 9.14. The zero-order valence-corrected chi connectivity index (χ0v) is 41.5. The molecule has 2 aliphatic rings. The summed E-state index contributed by atoms with van der Waals surface area (Å²) >= 11 is 0. The summed E-state index contributed by atoms with van der Waals surface area (Å²) in [6.07, 6.45) is 1.08. The summed E-state index contributed by atoms with van der Waals surface area (Å²) in [6.45, 7) is 0. The molecule has 0 saturated heterocycles. The highest BCUT2D eigenvalue weighted by Gasteiger charge is 2.37. The van der Waals surface area contributed by atoms with E-state index in [1.807, 2.05) is 48.5 Å². The maximum atomic E-state index is 14.0. The average molecular weight is 983 g/mol. The van der Waals surface area contributed by atoms with Crippen LogP contribution in [0.1, 0.15) is 91.9 Å². The van der Waals surface area contributed by atoms with Crippen LogP contribution in [0, 0.1) is 0 Å². The number of hydrogen-bond donors (Lipinski definition) is 0. The lowest BCUT2D eigenvalue weighted by molar-refractivity contribution is 0.102. The number of carbonyl (C=O) groups is 2.